The van der Waals surface area contributed by atoms with Gasteiger partial charge in [0.05, 0.1) is 16.1 Å². The molecule has 4 aromatic carbocycles. The van der Waals surface area contributed by atoms with E-state index in [-0.39, 0.29) is 44.9 Å². The molecule has 0 unspecified atom stereocenters. The van der Waals surface area contributed by atoms with Gasteiger partial charge in [0.25, 0.3) is 5.91 Å². The highest BCUT2D eigenvalue weighted by Crippen LogP contribution is 2.34. The van der Waals surface area contributed by atoms with Gasteiger partial charge in [0.1, 0.15) is 0 Å². The van der Waals surface area contributed by atoms with Crippen LogP contribution in [0.25, 0.3) is 0 Å². The highest BCUT2D eigenvalue weighted by molar-refractivity contribution is 6.41. The number of nitrogens with zero attached hydrogens (tertiary/aromatic N) is 1. The van der Waals surface area contributed by atoms with E-state index in [1.165, 1.54) is 12.1 Å². The largest absolute Gasteiger partial charge is 0.339 e. The minimum Gasteiger partial charge on any atom is -0.339 e. The molecule has 5 nitrogen and oxygen atoms in total. The zero-order chi connectivity index (χ0) is 25.4. The summed E-state index contributed by atoms with van der Waals surface area (Å²) < 4.78 is 0. The number of rotatable bonds is 5. The summed E-state index contributed by atoms with van der Waals surface area (Å²) in [5.41, 5.74) is 3.69. The third-order valence-electron chi connectivity index (χ3n) is 6.23. The lowest BCUT2D eigenvalue weighted by atomic mass is 9.83. The second kappa shape index (κ2) is 9.44. The number of benzene rings is 4. The fourth-order valence-electron chi connectivity index (χ4n) is 4.56. The molecule has 0 heterocycles. The van der Waals surface area contributed by atoms with Gasteiger partial charge in [0, 0.05) is 39.8 Å². The Hall–Kier alpha value is -4.22. The number of halogens is 1. The molecule has 0 saturated carbocycles. The summed E-state index contributed by atoms with van der Waals surface area (Å²) in [6.45, 7) is 4.23. The number of fused-ring (bicyclic) bond motifs is 2. The van der Waals surface area contributed by atoms with Gasteiger partial charge in [-0.1, -0.05) is 54.1 Å². The van der Waals surface area contributed by atoms with E-state index in [1.54, 1.807) is 24.3 Å². The van der Waals surface area contributed by atoms with Crippen molar-refractivity contribution in [2.24, 2.45) is 0 Å². The van der Waals surface area contributed by atoms with E-state index in [1.807, 2.05) is 42.5 Å². The Morgan fingerprint density at radius 3 is 1.94 bits per heavy atom. The van der Waals surface area contributed by atoms with Crippen LogP contribution in [0.15, 0.2) is 91.0 Å². The number of hydrogen-bond donors (Lipinski definition) is 1. The number of nitrogens with one attached hydrogen (secondary N) is 1. The summed E-state index contributed by atoms with van der Waals surface area (Å²) in [7, 11) is 0. The quantitative estimate of drug-likeness (QED) is 0.288. The molecule has 1 N–H and O–H groups in total. The maximum absolute atomic E-state index is 13.1. The molecule has 0 spiro atoms. The fraction of sp³-hybridized carbons (Fsp3) is 0.100. The van der Waals surface area contributed by atoms with Crippen LogP contribution in [0, 0.1) is 0 Å². The topological polar surface area (TPSA) is 66.5 Å². The van der Waals surface area contributed by atoms with Crippen LogP contribution in [-0.2, 0) is 0 Å². The minimum atomic E-state index is -0.460. The average molecular weight is 495 g/mol. The second-order valence-corrected chi connectivity index (χ2v) is 9.23. The monoisotopic (exact) mass is 494 g/mol. The third-order valence-corrected chi connectivity index (χ3v) is 6.62. The zero-order valence-corrected chi connectivity index (χ0v) is 20.5. The second-order valence-electron chi connectivity index (χ2n) is 8.85. The van der Waals surface area contributed by atoms with Crippen LogP contribution < -0.4 is 10.2 Å². The van der Waals surface area contributed by atoms with E-state index in [9.17, 15) is 14.4 Å². The van der Waals surface area contributed by atoms with Gasteiger partial charge in [-0.3, -0.25) is 14.4 Å². The Kier molecular flexibility index (Phi) is 6.17. The van der Waals surface area contributed by atoms with E-state index >= 15 is 0 Å². The number of amides is 1. The van der Waals surface area contributed by atoms with Crippen molar-refractivity contribution in [2.75, 3.05) is 10.2 Å². The predicted molar refractivity (Wildman–Crippen MR) is 143 cm³/mol. The molecule has 178 valence electrons. The highest BCUT2D eigenvalue weighted by atomic mass is 35.5. The van der Waals surface area contributed by atoms with E-state index in [0.717, 1.165) is 11.4 Å². The maximum atomic E-state index is 13.1. The fourth-order valence-corrected chi connectivity index (χ4v) is 4.90. The third kappa shape index (κ3) is 4.08. The number of anilines is 3. The molecule has 36 heavy (non-hydrogen) atoms. The smallest absolute Gasteiger partial charge is 0.257 e. The van der Waals surface area contributed by atoms with Crippen molar-refractivity contribution in [1.82, 2.24) is 0 Å². The lowest BCUT2D eigenvalue weighted by molar-refractivity contribution is 0.0978. The normalized spacial score (nSPS) is 12.2. The van der Waals surface area contributed by atoms with Crippen molar-refractivity contribution >= 4 is 46.1 Å². The summed E-state index contributed by atoms with van der Waals surface area (Å²) in [5, 5.41) is 2.82. The first kappa shape index (κ1) is 23.5. The van der Waals surface area contributed by atoms with Crippen LogP contribution >= 0.6 is 11.6 Å². The molecule has 0 bridgehead atoms. The Morgan fingerprint density at radius 2 is 1.31 bits per heavy atom. The van der Waals surface area contributed by atoms with Crippen molar-refractivity contribution < 1.29 is 14.4 Å². The molecule has 4 aromatic rings. The molecule has 0 saturated heterocycles. The Labute approximate surface area is 214 Å². The molecule has 0 fully saturated rings. The molecule has 0 aromatic heterocycles. The SMILES string of the molecule is CC(C)N(c1ccccc1)c1ccc(NC(=O)c2ccc3c(c2Cl)C(=O)c2ccccc2C3=O)cc1. The first-order valence-electron chi connectivity index (χ1n) is 11.6. The van der Waals surface area contributed by atoms with Crippen LogP contribution in [0.3, 0.4) is 0 Å². The van der Waals surface area contributed by atoms with Gasteiger partial charge in [-0.15, -0.1) is 0 Å². The van der Waals surface area contributed by atoms with Crippen LogP contribution in [0.5, 0.6) is 0 Å². The van der Waals surface area contributed by atoms with Gasteiger partial charge in [0.2, 0.25) is 0 Å². The lowest BCUT2D eigenvalue weighted by Crippen LogP contribution is -2.25. The number of carbonyl (C=O) groups is 3. The molecular formula is C30H23ClN2O3. The summed E-state index contributed by atoms with van der Waals surface area (Å²) in [4.78, 5) is 41.3. The van der Waals surface area contributed by atoms with Crippen molar-refractivity contribution in [3.8, 4) is 0 Å². The van der Waals surface area contributed by atoms with Crippen molar-refractivity contribution in [1.29, 1.82) is 0 Å². The summed E-state index contributed by atoms with van der Waals surface area (Å²) >= 11 is 6.54. The van der Waals surface area contributed by atoms with Gasteiger partial charge in [-0.05, 0) is 62.4 Å². The van der Waals surface area contributed by atoms with Crippen LogP contribution in [0.1, 0.15) is 56.0 Å². The maximum Gasteiger partial charge on any atom is 0.257 e. The Bertz CT molecular complexity index is 1490. The lowest BCUT2D eigenvalue weighted by Gasteiger charge is -2.29. The number of ketones is 2. The summed E-state index contributed by atoms with van der Waals surface area (Å²) in [6, 6.07) is 27.4. The first-order valence-corrected chi connectivity index (χ1v) is 12.0. The summed E-state index contributed by atoms with van der Waals surface area (Å²) in [6.07, 6.45) is 0. The van der Waals surface area contributed by atoms with E-state index in [2.05, 4.69) is 36.2 Å². The van der Waals surface area contributed by atoms with Gasteiger partial charge in [-0.25, -0.2) is 0 Å². The number of para-hydroxylation sites is 1. The van der Waals surface area contributed by atoms with Crippen molar-refractivity contribution in [3.63, 3.8) is 0 Å². The van der Waals surface area contributed by atoms with Gasteiger partial charge in [-0.2, -0.15) is 0 Å². The standard InChI is InChI=1S/C30H23ClN2O3/c1-18(2)33(20-8-4-3-5-9-20)21-14-12-19(13-15-21)32-30(36)25-17-16-24-26(27(25)31)29(35)23-11-7-6-10-22(23)28(24)34/h3-18H,1-2H3,(H,32,36). The molecule has 6 heteroatoms. The predicted octanol–water partition coefficient (Wildman–Crippen LogP) is 6.91. The number of carbonyl (C=O) groups excluding carboxylic acids is 3. The van der Waals surface area contributed by atoms with Crippen LogP contribution in [0.4, 0.5) is 17.1 Å². The average Bonchev–Trinajstić information content (AvgIpc) is 2.88. The zero-order valence-electron chi connectivity index (χ0n) is 19.8. The molecule has 1 amide bonds. The van der Waals surface area contributed by atoms with E-state index in [4.69, 9.17) is 11.6 Å². The van der Waals surface area contributed by atoms with Gasteiger partial charge >= 0.3 is 0 Å². The van der Waals surface area contributed by atoms with Gasteiger partial charge < -0.3 is 10.2 Å². The molecule has 1 aliphatic rings. The van der Waals surface area contributed by atoms with E-state index < -0.39 is 5.91 Å². The van der Waals surface area contributed by atoms with Gasteiger partial charge in [0.15, 0.2) is 11.6 Å². The highest BCUT2D eigenvalue weighted by Gasteiger charge is 2.33. The molecule has 1 aliphatic carbocycles. The Balaban J connectivity index is 1.41. The van der Waals surface area contributed by atoms with Crippen molar-refractivity contribution in [3.05, 3.63) is 124 Å². The minimum absolute atomic E-state index is 0.0236. The molecule has 5 rings (SSSR count). The van der Waals surface area contributed by atoms with Crippen LogP contribution in [0.2, 0.25) is 5.02 Å². The first-order chi connectivity index (χ1) is 17.4. The summed E-state index contributed by atoms with van der Waals surface area (Å²) in [5.74, 6) is -1.10. The van der Waals surface area contributed by atoms with Crippen LogP contribution in [-0.4, -0.2) is 23.5 Å². The Morgan fingerprint density at radius 1 is 0.722 bits per heavy atom. The van der Waals surface area contributed by atoms with E-state index in [0.29, 0.717) is 11.3 Å². The molecular weight excluding hydrogens is 472 g/mol. The molecule has 0 radical (unpaired) electrons. The molecule has 0 aliphatic heterocycles. The van der Waals surface area contributed by atoms with Crippen molar-refractivity contribution in [2.45, 2.75) is 19.9 Å². The molecule has 0 atom stereocenters. The number of hydrogen-bond acceptors (Lipinski definition) is 4.